The fourth-order valence-corrected chi connectivity index (χ4v) is 7.73. The average Bonchev–Trinajstić information content (AvgIpc) is 3.08. The number of benzene rings is 1. The summed E-state index contributed by atoms with van der Waals surface area (Å²) in [6, 6.07) is 3.25. The third-order valence-corrected chi connectivity index (χ3v) is 8.35. The Labute approximate surface area is 181 Å². The average molecular weight is 512 g/mol. The highest BCUT2D eigenvalue weighted by molar-refractivity contribution is 9.10. The molecule has 0 unspecified atom stereocenters. The van der Waals surface area contributed by atoms with Gasteiger partial charge in [-0.05, 0) is 29.8 Å². The van der Waals surface area contributed by atoms with Crippen LogP contribution in [0.5, 0.6) is 11.5 Å². The maximum atomic E-state index is 12.2. The Morgan fingerprint density at radius 3 is 2.54 bits per heavy atom. The molecule has 2 aliphatic rings. The van der Waals surface area contributed by atoms with Crippen molar-refractivity contribution in [3.8, 4) is 11.5 Å². The number of carbonyl (C=O) groups excluding carboxylic acids is 1. The van der Waals surface area contributed by atoms with Crippen molar-refractivity contribution in [2.45, 2.75) is 25.1 Å². The molecular weight excluding hydrogens is 492 g/mol. The highest BCUT2D eigenvalue weighted by atomic mass is 79.9. The van der Waals surface area contributed by atoms with Crippen LogP contribution in [-0.2, 0) is 14.6 Å². The van der Waals surface area contributed by atoms with Gasteiger partial charge in [-0.1, -0.05) is 11.8 Å². The SMILES string of the molecule is CCOc1cc(Br)c(N2C(=NC(=O)CCl)S[C@@H]3CS(=O)(=O)C[C@@H]32)cc1OCC. The van der Waals surface area contributed by atoms with Crippen molar-refractivity contribution in [1.29, 1.82) is 0 Å². The van der Waals surface area contributed by atoms with E-state index >= 15 is 0 Å². The molecule has 0 aliphatic carbocycles. The molecule has 1 amide bonds. The second-order valence-corrected chi connectivity index (χ2v) is 10.7. The zero-order valence-electron chi connectivity index (χ0n) is 15.4. The number of amides is 1. The van der Waals surface area contributed by atoms with Crippen LogP contribution in [0.4, 0.5) is 5.69 Å². The van der Waals surface area contributed by atoms with Gasteiger partial charge in [0, 0.05) is 21.9 Å². The smallest absolute Gasteiger partial charge is 0.262 e. The molecule has 7 nitrogen and oxygen atoms in total. The van der Waals surface area contributed by atoms with Gasteiger partial charge in [-0.15, -0.1) is 11.6 Å². The minimum Gasteiger partial charge on any atom is -0.490 e. The van der Waals surface area contributed by atoms with Gasteiger partial charge < -0.3 is 14.4 Å². The summed E-state index contributed by atoms with van der Waals surface area (Å²) in [5.41, 5.74) is 0.671. The fraction of sp³-hybridized carbons (Fsp3) is 0.529. The number of nitrogens with zero attached hydrogens (tertiary/aromatic N) is 2. The first-order valence-electron chi connectivity index (χ1n) is 8.72. The number of rotatable bonds is 6. The Balaban J connectivity index is 2.09. The van der Waals surface area contributed by atoms with Gasteiger partial charge in [-0.2, -0.15) is 4.99 Å². The molecule has 28 heavy (non-hydrogen) atoms. The zero-order chi connectivity index (χ0) is 20.5. The van der Waals surface area contributed by atoms with E-state index < -0.39 is 15.7 Å². The van der Waals surface area contributed by atoms with E-state index in [2.05, 4.69) is 20.9 Å². The fourth-order valence-electron chi connectivity index (χ4n) is 3.23. The molecule has 0 aromatic heterocycles. The summed E-state index contributed by atoms with van der Waals surface area (Å²) < 4.78 is 36.4. The molecule has 0 radical (unpaired) electrons. The van der Waals surface area contributed by atoms with Gasteiger partial charge in [-0.3, -0.25) is 4.79 Å². The molecule has 11 heteroatoms. The molecule has 3 rings (SSSR count). The number of thioether (sulfide) groups is 1. The molecule has 0 spiro atoms. The normalized spacial score (nSPS) is 24.4. The summed E-state index contributed by atoms with van der Waals surface area (Å²) in [7, 11) is -3.15. The lowest BCUT2D eigenvalue weighted by Gasteiger charge is -2.26. The van der Waals surface area contributed by atoms with Gasteiger partial charge in [0.1, 0.15) is 5.88 Å². The largest absolute Gasteiger partial charge is 0.490 e. The van der Waals surface area contributed by atoms with Crippen LogP contribution in [0.2, 0.25) is 0 Å². The molecule has 0 saturated carbocycles. The Bertz CT molecular complexity index is 909. The van der Waals surface area contributed by atoms with Crippen LogP contribution >= 0.6 is 39.3 Å². The quantitative estimate of drug-likeness (QED) is 0.543. The van der Waals surface area contributed by atoms with Crippen molar-refractivity contribution in [3.63, 3.8) is 0 Å². The van der Waals surface area contributed by atoms with E-state index in [1.165, 1.54) is 11.8 Å². The first-order chi connectivity index (χ1) is 13.3. The lowest BCUT2D eigenvalue weighted by molar-refractivity contribution is -0.115. The van der Waals surface area contributed by atoms with Crippen molar-refractivity contribution < 1.29 is 22.7 Å². The van der Waals surface area contributed by atoms with Gasteiger partial charge >= 0.3 is 0 Å². The molecule has 0 bridgehead atoms. The molecule has 2 atom stereocenters. The summed E-state index contributed by atoms with van der Waals surface area (Å²) >= 11 is 10.5. The Morgan fingerprint density at radius 2 is 1.93 bits per heavy atom. The summed E-state index contributed by atoms with van der Waals surface area (Å²) in [6.07, 6.45) is 0. The second-order valence-electron chi connectivity index (χ2n) is 6.21. The van der Waals surface area contributed by atoms with Crippen LogP contribution < -0.4 is 14.4 Å². The number of carbonyl (C=O) groups is 1. The number of anilines is 1. The number of ether oxygens (including phenoxy) is 2. The van der Waals surface area contributed by atoms with Gasteiger partial charge in [0.15, 0.2) is 26.5 Å². The van der Waals surface area contributed by atoms with Gasteiger partial charge in [0.2, 0.25) is 0 Å². The monoisotopic (exact) mass is 510 g/mol. The molecule has 2 aliphatic heterocycles. The third-order valence-electron chi connectivity index (χ3n) is 4.27. The molecule has 1 aromatic rings. The maximum absolute atomic E-state index is 12.2. The minimum absolute atomic E-state index is 0.00235. The number of amidine groups is 1. The van der Waals surface area contributed by atoms with E-state index in [4.69, 9.17) is 21.1 Å². The summed E-state index contributed by atoms with van der Waals surface area (Å²) in [5.74, 6) is 0.476. The van der Waals surface area contributed by atoms with Crippen LogP contribution in [0.25, 0.3) is 0 Å². The summed E-state index contributed by atoms with van der Waals surface area (Å²) in [6.45, 7) is 4.67. The van der Waals surface area contributed by atoms with Gasteiger partial charge in [0.25, 0.3) is 5.91 Å². The molecule has 1 aromatic carbocycles. The standard InChI is InChI=1S/C17H20BrClN2O5S2/c1-3-25-13-5-10(18)11(6-14(13)26-4-2)21-12-8-28(23,24)9-15(12)27-17(21)20-16(22)7-19/h5-6,12,15H,3-4,7-9H2,1-2H3/t12-,15+/m0/s1. The highest BCUT2D eigenvalue weighted by Gasteiger charge is 2.50. The third kappa shape index (κ3) is 4.44. The molecule has 2 fully saturated rings. The van der Waals surface area contributed by atoms with E-state index in [9.17, 15) is 13.2 Å². The van der Waals surface area contributed by atoms with Crippen LogP contribution in [0.15, 0.2) is 21.6 Å². The molecule has 154 valence electrons. The Morgan fingerprint density at radius 1 is 1.29 bits per heavy atom. The summed E-state index contributed by atoms with van der Waals surface area (Å²) in [4.78, 5) is 17.8. The predicted octanol–water partition coefficient (Wildman–Crippen LogP) is 3.09. The summed E-state index contributed by atoms with van der Waals surface area (Å²) in [5, 5.41) is 0.253. The molecule has 2 saturated heterocycles. The number of sulfone groups is 1. The van der Waals surface area contributed by atoms with E-state index in [1.54, 1.807) is 17.0 Å². The number of hydrogen-bond acceptors (Lipinski definition) is 6. The van der Waals surface area contributed by atoms with Crippen LogP contribution in [0, 0.1) is 0 Å². The van der Waals surface area contributed by atoms with Crippen molar-refractivity contribution >= 4 is 65.9 Å². The molecule has 0 N–H and O–H groups in total. The van der Waals surface area contributed by atoms with E-state index in [0.29, 0.717) is 40.0 Å². The Hall–Kier alpha value is -0.970. The number of fused-ring (bicyclic) bond motifs is 1. The molecular formula is C17H20BrClN2O5S2. The van der Waals surface area contributed by atoms with Gasteiger partial charge in [-0.25, -0.2) is 8.42 Å². The van der Waals surface area contributed by atoms with Crippen LogP contribution in [-0.4, -0.2) is 61.4 Å². The minimum atomic E-state index is -3.15. The maximum Gasteiger partial charge on any atom is 0.262 e. The second kappa shape index (κ2) is 8.81. The van der Waals surface area contributed by atoms with E-state index in [-0.39, 0.29) is 28.7 Å². The van der Waals surface area contributed by atoms with Crippen LogP contribution in [0.3, 0.4) is 0 Å². The van der Waals surface area contributed by atoms with E-state index in [0.717, 1.165) is 0 Å². The van der Waals surface area contributed by atoms with Crippen molar-refractivity contribution in [1.82, 2.24) is 0 Å². The van der Waals surface area contributed by atoms with Crippen molar-refractivity contribution in [2.75, 3.05) is 35.5 Å². The van der Waals surface area contributed by atoms with E-state index in [1.807, 2.05) is 13.8 Å². The first kappa shape index (κ1) is 21.7. The van der Waals surface area contributed by atoms with Crippen LogP contribution in [0.1, 0.15) is 13.8 Å². The lowest BCUT2D eigenvalue weighted by atomic mass is 10.2. The highest BCUT2D eigenvalue weighted by Crippen LogP contribution is 2.46. The molecule has 2 heterocycles. The van der Waals surface area contributed by atoms with Crippen molar-refractivity contribution in [2.24, 2.45) is 4.99 Å². The first-order valence-corrected chi connectivity index (χ1v) is 12.7. The topological polar surface area (TPSA) is 85.3 Å². The zero-order valence-corrected chi connectivity index (χ0v) is 19.3. The number of hydrogen-bond donors (Lipinski definition) is 0. The van der Waals surface area contributed by atoms with Gasteiger partial charge in [0.05, 0.1) is 36.4 Å². The lowest BCUT2D eigenvalue weighted by Crippen LogP contribution is -2.38. The number of halogens is 2. The Kier molecular flexibility index (Phi) is 6.84. The number of alkyl halides is 1. The predicted molar refractivity (Wildman–Crippen MR) is 116 cm³/mol. The van der Waals surface area contributed by atoms with Crippen molar-refractivity contribution in [3.05, 3.63) is 16.6 Å². The number of aliphatic imine (C=N–C) groups is 1.